The first kappa shape index (κ1) is 24.8. The second-order valence-corrected chi connectivity index (χ2v) is 7.16. The second kappa shape index (κ2) is 14.9. The molecule has 0 amide bonds. The molecule has 5 nitrogen and oxygen atoms in total. The van der Waals surface area contributed by atoms with E-state index in [0.717, 1.165) is 12.8 Å². The molecule has 0 heterocycles. The number of nitrogens with zero attached hydrogens (tertiary/aromatic N) is 1. The molecule has 0 saturated heterocycles. The maximum Gasteiger partial charge on any atom is 0.342 e. The fourth-order valence-corrected chi connectivity index (χ4v) is 2.87. The maximum absolute atomic E-state index is 12.5. The average Bonchev–Trinajstić information content (AvgIpc) is 2.56. The Hall–Kier alpha value is -0.200. The number of rotatable bonds is 18. The van der Waals surface area contributed by atoms with Gasteiger partial charge in [0.05, 0.1) is 27.3 Å². The Morgan fingerprint density at radius 2 is 1.24 bits per heavy atom. The summed E-state index contributed by atoms with van der Waals surface area (Å²) in [7, 11) is 3.10. The van der Waals surface area contributed by atoms with E-state index in [1.807, 2.05) is 13.8 Å². The van der Waals surface area contributed by atoms with Crippen LogP contribution in [0.25, 0.3) is 0 Å². The summed E-state index contributed by atoms with van der Waals surface area (Å²) >= 11 is 0. The molecule has 0 aromatic carbocycles. The molecular formula is C20H43NO4. The Kier molecular flexibility index (Phi) is 14.8. The zero-order valence-electron chi connectivity index (χ0n) is 17.5. The third-order valence-electron chi connectivity index (χ3n) is 4.50. The molecule has 0 N–H and O–H groups in total. The van der Waals surface area contributed by atoms with Gasteiger partial charge in [0.2, 0.25) is 0 Å². The Morgan fingerprint density at radius 3 is 1.68 bits per heavy atom. The molecule has 0 aromatic rings. The van der Waals surface area contributed by atoms with E-state index in [0.29, 0.717) is 19.8 Å². The zero-order valence-corrected chi connectivity index (χ0v) is 17.5. The first-order chi connectivity index (χ1) is 11.9. The minimum Gasteiger partial charge on any atom is -0.629 e. The number of hydroxylamine groups is 3. The minimum atomic E-state index is -1.26. The predicted octanol–water partition coefficient (Wildman–Crippen LogP) is 5.22. The normalized spacial score (nSPS) is 14.6. The summed E-state index contributed by atoms with van der Waals surface area (Å²) in [4.78, 5) is 0. The van der Waals surface area contributed by atoms with Gasteiger partial charge in [0.1, 0.15) is 0 Å². The SMILES string of the molecule is CCCCCCCCCCCCOC(COCC)(OCC)[N+](C)(C)[O-]. The second-order valence-electron chi connectivity index (χ2n) is 7.16. The lowest BCUT2D eigenvalue weighted by Gasteiger charge is -2.49. The van der Waals surface area contributed by atoms with Crippen LogP contribution in [0.4, 0.5) is 0 Å². The van der Waals surface area contributed by atoms with E-state index in [1.54, 1.807) is 14.1 Å². The first-order valence-electron chi connectivity index (χ1n) is 10.3. The van der Waals surface area contributed by atoms with E-state index in [-0.39, 0.29) is 6.61 Å². The van der Waals surface area contributed by atoms with Crippen molar-refractivity contribution in [1.29, 1.82) is 0 Å². The molecule has 0 radical (unpaired) electrons. The van der Waals surface area contributed by atoms with Crippen LogP contribution in [0.5, 0.6) is 0 Å². The van der Waals surface area contributed by atoms with Crippen LogP contribution in [-0.2, 0) is 14.2 Å². The van der Waals surface area contributed by atoms with Crippen molar-refractivity contribution in [2.45, 2.75) is 90.9 Å². The van der Waals surface area contributed by atoms with Gasteiger partial charge in [0.25, 0.3) is 0 Å². The van der Waals surface area contributed by atoms with Gasteiger partial charge < -0.3 is 24.1 Å². The van der Waals surface area contributed by atoms with Crippen LogP contribution in [0.15, 0.2) is 0 Å². The summed E-state index contributed by atoms with van der Waals surface area (Å²) in [5.74, 6) is -1.26. The molecule has 0 aromatic heterocycles. The van der Waals surface area contributed by atoms with Crippen LogP contribution in [-0.4, -0.2) is 51.1 Å². The summed E-state index contributed by atoms with van der Waals surface area (Å²) in [6.45, 7) is 7.69. The van der Waals surface area contributed by atoms with Crippen LogP contribution in [0.3, 0.4) is 0 Å². The monoisotopic (exact) mass is 361 g/mol. The van der Waals surface area contributed by atoms with Crippen LogP contribution in [0.1, 0.15) is 85.0 Å². The standard InChI is InChI=1S/C20H43NO4/c1-6-9-10-11-12-13-14-15-16-17-18-25-20(24-8-3,19-23-7-2)21(4,5)22/h6-19H2,1-5H3. The van der Waals surface area contributed by atoms with E-state index in [1.165, 1.54) is 51.4 Å². The minimum absolute atomic E-state index is 0.158. The van der Waals surface area contributed by atoms with Gasteiger partial charge in [0.15, 0.2) is 6.61 Å². The fraction of sp³-hybridized carbons (Fsp3) is 1.00. The molecule has 0 aliphatic heterocycles. The van der Waals surface area contributed by atoms with Gasteiger partial charge in [-0.15, -0.1) is 0 Å². The van der Waals surface area contributed by atoms with Crippen molar-refractivity contribution in [3.63, 3.8) is 0 Å². The fourth-order valence-electron chi connectivity index (χ4n) is 2.87. The Morgan fingerprint density at radius 1 is 0.720 bits per heavy atom. The van der Waals surface area contributed by atoms with E-state index < -0.39 is 10.6 Å². The van der Waals surface area contributed by atoms with E-state index in [4.69, 9.17) is 14.2 Å². The lowest BCUT2D eigenvalue weighted by atomic mass is 10.1. The Bertz CT molecular complexity index is 294. The van der Waals surface area contributed by atoms with Crippen molar-refractivity contribution in [3.8, 4) is 0 Å². The zero-order chi connectivity index (χ0) is 19.0. The van der Waals surface area contributed by atoms with Gasteiger partial charge in [-0.05, 0) is 20.3 Å². The van der Waals surface area contributed by atoms with Gasteiger partial charge in [-0.25, -0.2) is 0 Å². The van der Waals surface area contributed by atoms with Crippen LogP contribution >= 0.6 is 0 Å². The summed E-state index contributed by atoms with van der Waals surface area (Å²) in [5, 5.41) is 12.5. The maximum atomic E-state index is 12.5. The molecule has 152 valence electrons. The van der Waals surface area contributed by atoms with Crippen LogP contribution < -0.4 is 0 Å². The van der Waals surface area contributed by atoms with E-state index >= 15 is 0 Å². The molecule has 0 saturated carbocycles. The highest BCUT2D eigenvalue weighted by molar-refractivity contribution is 4.59. The number of unbranched alkanes of at least 4 members (excludes halogenated alkanes) is 9. The number of hydrogen-bond donors (Lipinski definition) is 0. The van der Waals surface area contributed by atoms with Crippen molar-refractivity contribution in [1.82, 2.24) is 0 Å². The Labute approximate surface area is 156 Å². The molecule has 0 aliphatic rings. The average molecular weight is 362 g/mol. The molecule has 1 atom stereocenters. The number of quaternary nitrogens is 1. The van der Waals surface area contributed by atoms with Crippen LogP contribution in [0.2, 0.25) is 0 Å². The van der Waals surface area contributed by atoms with Crippen molar-refractivity contribution < 1.29 is 18.9 Å². The lowest BCUT2D eigenvalue weighted by molar-refractivity contribution is -0.957. The molecule has 0 rings (SSSR count). The topological polar surface area (TPSA) is 50.8 Å². The smallest absolute Gasteiger partial charge is 0.342 e. The summed E-state index contributed by atoms with van der Waals surface area (Å²) in [6, 6.07) is 0. The van der Waals surface area contributed by atoms with Crippen molar-refractivity contribution in [2.75, 3.05) is 40.5 Å². The summed E-state index contributed by atoms with van der Waals surface area (Å²) < 4.78 is 16.4. The summed E-state index contributed by atoms with van der Waals surface area (Å²) in [5.41, 5.74) is 0. The molecule has 0 bridgehead atoms. The van der Waals surface area contributed by atoms with Gasteiger partial charge in [0, 0.05) is 6.61 Å². The van der Waals surface area contributed by atoms with Gasteiger partial charge in [-0.2, -0.15) is 0 Å². The molecule has 5 heteroatoms. The molecule has 0 fully saturated rings. The van der Waals surface area contributed by atoms with Crippen molar-refractivity contribution in [3.05, 3.63) is 5.21 Å². The molecule has 1 unspecified atom stereocenters. The highest BCUT2D eigenvalue weighted by atomic mass is 16.8. The van der Waals surface area contributed by atoms with Gasteiger partial charge in [-0.1, -0.05) is 64.7 Å². The third kappa shape index (κ3) is 11.2. The van der Waals surface area contributed by atoms with E-state index in [9.17, 15) is 5.21 Å². The van der Waals surface area contributed by atoms with Crippen molar-refractivity contribution in [2.24, 2.45) is 0 Å². The third-order valence-corrected chi connectivity index (χ3v) is 4.50. The number of likely N-dealkylation sites (N-methyl/N-ethyl adjacent to an activating group) is 1. The van der Waals surface area contributed by atoms with Crippen LogP contribution in [0, 0.1) is 5.21 Å². The quantitative estimate of drug-likeness (QED) is 0.145. The van der Waals surface area contributed by atoms with E-state index in [2.05, 4.69) is 6.92 Å². The largest absolute Gasteiger partial charge is 0.629 e. The Balaban J connectivity index is 3.98. The number of ether oxygens (including phenoxy) is 3. The molecule has 0 aliphatic carbocycles. The molecular weight excluding hydrogens is 318 g/mol. The molecule has 0 spiro atoms. The van der Waals surface area contributed by atoms with Gasteiger partial charge >= 0.3 is 5.91 Å². The lowest BCUT2D eigenvalue weighted by Crippen LogP contribution is -2.62. The number of hydrogen-bond acceptors (Lipinski definition) is 4. The summed E-state index contributed by atoms with van der Waals surface area (Å²) in [6.07, 6.45) is 12.8. The van der Waals surface area contributed by atoms with Gasteiger partial charge in [-0.3, -0.25) is 0 Å². The first-order valence-corrected chi connectivity index (χ1v) is 10.3. The highest BCUT2D eigenvalue weighted by Gasteiger charge is 2.44. The molecule has 25 heavy (non-hydrogen) atoms. The highest BCUT2D eigenvalue weighted by Crippen LogP contribution is 2.25. The predicted molar refractivity (Wildman–Crippen MR) is 104 cm³/mol. The van der Waals surface area contributed by atoms with Crippen molar-refractivity contribution >= 4 is 0 Å².